The Morgan fingerprint density at radius 3 is 2.48 bits per heavy atom. The van der Waals surface area contributed by atoms with Crippen LogP contribution in [-0.2, 0) is 16.0 Å². The van der Waals surface area contributed by atoms with E-state index in [-0.39, 0.29) is 17.9 Å². The summed E-state index contributed by atoms with van der Waals surface area (Å²) in [7, 11) is 0. The number of nitrogens with one attached hydrogen (secondary N) is 1. The van der Waals surface area contributed by atoms with Crippen LogP contribution in [0, 0.1) is 0 Å². The van der Waals surface area contributed by atoms with Crippen molar-refractivity contribution >= 4 is 11.9 Å². The standard InChI is InChI=1S/C14H20N2O5/c1-2-3-9(15)13(19)16-10(14(20)21)6-8-4-5-11(17)12(18)7-8/h4-5,7,9-10,17-18H,2-3,6,15H2,1H3,(H,16,19)(H,20,21)/p+1/t9-,10-/m0/s1. The second-order valence-corrected chi connectivity index (χ2v) is 4.91. The number of carboxylic acids is 1. The summed E-state index contributed by atoms with van der Waals surface area (Å²) in [5.41, 5.74) is 4.19. The predicted octanol–water partition coefficient (Wildman–Crippen LogP) is -0.380. The van der Waals surface area contributed by atoms with Crippen LogP contribution in [0.2, 0.25) is 0 Å². The summed E-state index contributed by atoms with van der Waals surface area (Å²) in [6.07, 6.45) is 1.37. The Hall–Kier alpha value is -2.28. The minimum Gasteiger partial charge on any atom is -0.504 e. The Morgan fingerprint density at radius 1 is 1.29 bits per heavy atom. The summed E-state index contributed by atoms with van der Waals surface area (Å²) in [5.74, 6) is -2.19. The number of benzene rings is 1. The molecule has 1 amide bonds. The van der Waals surface area contributed by atoms with Crippen molar-refractivity contribution in [3.63, 3.8) is 0 Å². The van der Waals surface area contributed by atoms with Gasteiger partial charge >= 0.3 is 5.97 Å². The first-order chi connectivity index (χ1) is 9.85. The number of aliphatic carboxylic acids is 1. The zero-order valence-electron chi connectivity index (χ0n) is 11.9. The van der Waals surface area contributed by atoms with Crippen molar-refractivity contribution < 1.29 is 30.6 Å². The molecule has 1 aromatic carbocycles. The fourth-order valence-electron chi connectivity index (χ4n) is 1.90. The highest BCUT2D eigenvalue weighted by Crippen LogP contribution is 2.25. The fourth-order valence-corrected chi connectivity index (χ4v) is 1.90. The Bertz CT molecular complexity index is 518. The third-order valence-electron chi connectivity index (χ3n) is 3.10. The maximum Gasteiger partial charge on any atom is 0.326 e. The van der Waals surface area contributed by atoms with Gasteiger partial charge in [0.15, 0.2) is 17.5 Å². The number of aromatic hydroxyl groups is 2. The lowest BCUT2D eigenvalue weighted by atomic mass is 10.0. The normalized spacial score (nSPS) is 13.4. The van der Waals surface area contributed by atoms with E-state index in [9.17, 15) is 24.9 Å². The number of hydrogen-bond donors (Lipinski definition) is 5. The van der Waals surface area contributed by atoms with Crippen molar-refractivity contribution in [2.24, 2.45) is 0 Å². The number of phenols is 2. The molecule has 7 N–H and O–H groups in total. The molecule has 0 aliphatic heterocycles. The van der Waals surface area contributed by atoms with Gasteiger partial charge in [0.2, 0.25) is 0 Å². The number of phenolic OH excluding ortho intramolecular Hbond substituents is 2. The maximum absolute atomic E-state index is 11.8. The van der Waals surface area contributed by atoms with Gasteiger partial charge in [0.05, 0.1) is 0 Å². The molecule has 1 rings (SSSR count). The summed E-state index contributed by atoms with van der Waals surface area (Å²) >= 11 is 0. The Kier molecular flexibility index (Phi) is 5.98. The van der Waals surface area contributed by atoms with Gasteiger partial charge in [-0.15, -0.1) is 0 Å². The monoisotopic (exact) mass is 297 g/mol. The van der Waals surface area contributed by atoms with Crippen LogP contribution < -0.4 is 11.1 Å². The molecule has 7 heteroatoms. The summed E-state index contributed by atoms with van der Waals surface area (Å²) in [4.78, 5) is 23.1. The molecule has 0 saturated carbocycles. The first-order valence-electron chi connectivity index (χ1n) is 6.72. The molecule has 0 aromatic heterocycles. The number of carbonyl (C=O) groups is 2. The topological polar surface area (TPSA) is 134 Å². The zero-order chi connectivity index (χ0) is 16.0. The first kappa shape index (κ1) is 16.8. The molecule has 0 spiro atoms. The number of amides is 1. The SMILES string of the molecule is CCC[C@H]([NH3+])C(=O)N[C@@H](Cc1ccc(O)c(O)c1)C(=O)O. The number of quaternary nitrogens is 1. The van der Waals surface area contributed by atoms with Gasteiger partial charge in [-0.1, -0.05) is 13.0 Å². The molecule has 116 valence electrons. The predicted molar refractivity (Wildman–Crippen MR) is 74.6 cm³/mol. The van der Waals surface area contributed by atoms with E-state index in [1.165, 1.54) is 18.2 Å². The smallest absolute Gasteiger partial charge is 0.326 e. The molecule has 7 nitrogen and oxygen atoms in total. The van der Waals surface area contributed by atoms with Gasteiger partial charge < -0.3 is 26.4 Å². The van der Waals surface area contributed by atoms with E-state index >= 15 is 0 Å². The molecule has 0 aliphatic rings. The number of carboxylic acid groups (broad SMARTS) is 1. The Morgan fingerprint density at radius 2 is 1.95 bits per heavy atom. The van der Waals surface area contributed by atoms with E-state index in [2.05, 4.69) is 11.1 Å². The summed E-state index contributed by atoms with van der Waals surface area (Å²) in [6.45, 7) is 1.92. The summed E-state index contributed by atoms with van der Waals surface area (Å²) < 4.78 is 0. The third-order valence-corrected chi connectivity index (χ3v) is 3.10. The average molecular weight is 297 g/mol. The van der Waals surface area contributed by atoms with Gasteiger partial charge in [-0.05, 0) is 24.1 Å². The van der Waals surface area contributed by atoms with Crippen LogP contribution in [0.1, 0.15) is 25.3 Å². The average Bonchev–Trinajstić information content (AvgIpc) is 2.42. The van der Waals surface area contributed by atoms with E-state index in [1.807, 2.05) is 6.92 Å². The first-order valence-corrected chi connectivity index (χ1v) is 6.72. The van der Waals surface area contributed by atoms with Gasteiger partial charge in [-0.25, -0.2) is 4.79 Å². The van der Waals surface area contributed by atoms with E-state index < -0.39 is 24.0 Å². The quantitative estimate of drug-likeness (QED) is 0.437. The van der Waals surface area contributed by atoms with Crippen molar-refractivity contribution in [1.29, 1.82) is 0 Å². The van der Waals surface area contributed by atoms with Crippen LogP contribution in [0.15, 0.2) is 18.2 Å². The second kappa shape index (κ2) is 7.49. The molecule has 0 radical (unpaired) electrons. The van der Waals surface area contributed by atoms with Crippen LogP contribution in [0.3, 0.4) is 0 Å². The van der Waals surface area contributed by atoms with Crippen LogP contribution in [-0.4, -0.2) is 39.3 Å². The lowest BCUT2D eigenvalue weighted by Crippen LogP contribution is -2.68. The second-order valence-electron chi connectivity index (χ2n) is 4.91. The summed E-state index contributed by atoms with van der Waals surface area (Å²) in [5, 5.41) is 30.2. The van der Waals surface area contributed by atoms with Crippen molar-refractivity contribution in [2.45, 2.75) is 38.3 Å². The van der Waals surface area contributed by atoms with E-state index in [4.69, 9.17) is 0 Å². The van der Waals surface area contributed by atoms with E-state index in [0.29, 0.717) is 12.0 Å². The zero-order valence-corrected chi connectivity index (χ0v) is 11.9. The van der Waals surface area contributed by atoms with E-state index in [1.54, 1.807) is 0 Å². The minimum atomic E-state index is -1.17. The maximum atomic E-state index is 11.8. The highest BCUT2D eigenvalue weighted by molar-refractivity contribution is 5.86. The third kappa shape index (κ3) is 4.96. The van der Waals surface area contributed by atoms with Crippen LogP contribution in [0.5, 0.6) is 11.5 Å². The fraction of sp³-hybridized carbons (Fsp3) is 0.429. The molecule has 0 saturated heterocycles. The van der Waals surface area contributed by atoms with Crippen molar-refractivity contribution in [1.82, 2.24) is 5.32 Å². The molecule has 0 aliphatic carbocycles. The molecule has 1 aromatic rings. The molecule has 0 heterocycles. The van der Waals surface area contributed by atoms with Gasteiger partial charge in [0.1, 0.15) is 6.04 Å². The minimum absolute atomic E-state index is 0.00770. The van der Waals surface area contributed by atoms with Gasteiger partial charge in [-0.2, -0.15) is 0 Å². The van der Waals surface area contributed by atoms with E-state index in [0.717, 1.165) is 6.42 Å². The van der Waals surface area contributed by atoms with Gasteiger partial charge in [0.25, 0.3) is 5.91 Å². The van der Waals surface area contributed by atoms with Crippen molar-refractivity contribution in [3.8, 4) is 11.5 Å². The Labute approximate surface area is 122 Å². The number of carbonyl (C=O) groups excluding carboxylic acids is 1. The van der Waals surface area contributed by atoms with Crippen molar-refractivity contribution in [3.05, 3.63) is 23.8 Å². The number of hydrogen-bond acceptors (Lipinski definition) is 4. The summed E-state index contributed by atoms with van der Waals surface area (Å²) in [6, 6.07) is 2.43. The lowest BCUT2D eigenvalue weighted by Gasteiger charge is -2.16. The van der Waals surface area contributed by atoms with Crippen LogP contribution >= 0.6 is 0 Å². The molecule has 0 bridgehead atoms. The van der Waals surface area contributed by atoms with Crippen molar-refractivity contribution in [2.75, 3.05) is 0 Å². The highest BCUT2D eigenvalue weighted by atomic mass is 16.4. The Balaban J connectivity index is 2.76. The van der Waals surface area contributed by atoms with Gasteiger partial charge in [0, 0.05) is 12.8 Å². The molecular weight excluding hydrogens is 276 g/mol. The lowest BCUT2D eigenvalue weighted by molar-refractivity contribution is -0.405. The molecule has 0 fully saturated rings. The number of rotatable bonds is 7. The molecule has 21 heavy (non-hydrogen) atoms. The van der Waals surface area contributed by atoms with Crippen LogP contribution in [0.25, 0.3) is 0 Å². The largest absolute Gasteiger partial charge is 0.504 e. The highest BCUT2D eigenvalue weighted by Gasteiger charge is 2.25. The van der Waals surface area contributed by atoms with Crippen LogP contribution in [0.4, 0.5) is 0 Å². The molecule has 0 unspecified atom stereocenters. The molecule has 2 atom stereocenters. The molecular formula is C14H21N2O5+. The van der Waals surface area contributed by atoms with Gasteiger partial charge in [-0.3, -0.25) is 4.79 Å².